The minimum atomic E-state index is 0.543. The van der Waals surface area contributed by atoms with Gasteiger partial charge in [-0.25, -0.2) is 19.8 Å². The van der Waals surface area contributed by atoms with Crippen molar-refractivity contribution in [3.63, 3.8) is 0 Å². The first kappa shape index (κ1) is 33.6. The molecule has 2 aromatic heterocycles. The fourth-order valence-electron chi connectivity index (χ4n) is 7.69. The molecule has 0 aliphatic carbocycles. The van der Waals surface area contributed by atoms with Gasteiger partial charge in [0.2, 0.25) is 0 Å². The van der Waals surface area contributed by atoms with Crippen LogP contribution >= 0.6 is 0 Å². The molecule has 5 heteroatoms. The van der Waals surface area contributed by atoms with Gasteiger partial charge in [-0.2, -0.15) is 0 Å². The van der Waals surface area contributed by atoms with Gasteiger partial charge in [-0.3, -0.25) is 0 Å². The molecule has 0 saturated carbocycles. The number of hydrogen-bond acceptors (Lipinski definition) is 3. The average Bonchev–Trinajstić information content (AvgIpc) is 3.63. The van der Waals surface area contributed by atoms with Gasteiger partial charge in [-0.1, -0.05) is 170 Å². The van der Waals surface area contributed by atoms with Crippen molar-refractivity contribution in [2.24, 2.45) is 0 Å². The molecule has 0 N–H and O–H groups in total. The molecule has 0 aliphatic rings. The number of aromatic nitrogens is 4. The number of rotatable bonds is 7. The molecule has 0 saturated heterocycles. The first-order valence-electron chi connectivity index (χ1n) is 18.9. The molecule has 0 bridgehead atoms. The molecule has 0 amide bonds. The van der Waals surface area contributed by atoms with E-state index in [0.717, 1.165) is 77.6 Å². The van der Waals surface area contributed by atoms with E-state index in [1.54, 1.807) is 0 Å². The Bertz CT molecular complexity index is 2960. The summed E-state index contributed by atoms with van der Waals surface area (Å²) in [5.74, 6) is 1.72. The van der Waals surface area contributed by atoms with Crippen LogP contribution in [0.2, 0.25) is 0 Å². The Morgan fingerprint density at radius 3 is 1.26 bits per heavy atom. The van der Waals surface area contributed by atoms with Crippen LogP contribution in [0.5, 0.6) is 0 Å². The Hall–Kier alpha value is -7.94. The lowest BCUT2D eigenvalue weighted by molar-refractivity contribution is 1.07. The maximum absolute atomic E-state index is 8.10. The summed E-state index contributed by atoms with van der Waals surface area (Å²) in [6, 6.07) is 68.8. The van der Waals surface area contributed by atoms with Gasteiger partial charge < -0.3 is 4.57 Å². The highest BCUT2D eigenvalue weighted by Gasteiger charge is 2.19. The average molecular weight is 728 g/mol. The van der Waals surface area contributed by atoms with Crippen molar-refractivity contribution in [3.05, 3.63) is 212 Å². The van der Waals surface area contributed by atoms with E-state index in [9.17, 15) is 0 Å². The van der Waals surface area contributed by atoms with Gasteiger partial charge in [0.15, 0.2) is 23.2 Å². The maximum Gasteiger partial charge on any atom is 0.194 e. The molecule has 0 fully saturated rings. The Labute approximate surface area is 330 Å². The molecular formula is C52H33N5. The summed E-state index contributed by atoms with van der Waals surface area (Å²) in [6.45, 7) is 8.10. The minimum absolute atomic E-state index is 0.543. The zero-order valence-corrected chi connectivity index (χ0v) is 30.8. The number of fused-ring (bicyclic) bond motifs is 3. The van der Waals surface area contributed by atoms with E-state index in [1.807, 2.05) is 97.1 Å². The third-order valence-corrected chi connectivity index (χ3v) is 10.5. The van der Waals surface area contributed by atoms with Crippen LogP contribution in [0.4, 0.5) is 5.69 Å². The largest absolute Gasteiger partial charge is 0.309 e. The lowest BCUT2D eigenvalue weighted by atomic mass is 9.99. The predicted molar refractivity (Wildman–Crippen MR) is 233 cm³/mol. The molecule has 10 aromatic rings. The van der Waals surface area contributed by atoms with Gasteiger partial charge in [0, 0.05) is 33.2 Å². The van der Waals surface area contributed by atoms with Crippen LogP contribution in [-0.4, -0.2) is 19.5 Å². The Morgan fingerprint density at radius 1 is 0.351 bits per heavy atom. The third kappa shape index (κ3) is 6.32. The number of nitrogens with zero attached hydrogens (tertiary/aromatic N) is 5. The SMILES string of the molecule is [C-]#[N+]c1ccccc1-c1cc(-c2nc(-c3ccccc3)nc(-c3ccccc3)n2)cc(-n2c3cc(-c4ccccc4)ccc3c3ccc(-c4ccccc4)cc32)c1. The molecule has 0 spiro atoms. The number of hydrogen-bond donors (Lipinski definition) is 0. The van der Waals surface area contributed by atoms with Crippen LogP contribution in [0.1, 0.15) is 0 Å². The van der Waals surface area contributed by atoms with Gasteiger partial charge in [0.05, 0.1) is 17.6 Å². The topological polar surface area (TPSA) is 48.0 Å². The Morgan fingerprint density at radius 2 is 0.772 bits per heavy atom. The first-order chi connectivity index (χ1) is 28.2. The first-order valence-corrected chi connectivity index (χ1v) is 18.9. The van der Waals surface area contributed by atoms with Gasteiger partial charge in [-0.15, -0.1) is 0 Å². The van der Waals surface area contributed by atoms with Crippen molar-refractivity contribution in [1.82, 2.24) is 19.5 Å². The van der Waals surface area contributed by atoms with E-state index in [4.69, 9.17) is 21.5 Å². The second kappa shape index (κ2) is 14.4. The van der Waals surface area contributed by atoms with E-state index in [1.165, 1.54) is 0 Å². The summed E-state index contributed by atoms with van der Waals surface area (Å²) >= 11 is 0. The lowest BCUT2D eigenvalue weighted by Gasteiger charge is -2.15. The summed E-state index contributed by atoms with van der Waals surface area (Å²) in [6.07, 6.45) is 0. The van der Waals surface area contributed by atoms with Gasteiger partial charge >= 0.3 is 0 Å². The molecule has 10 rings (SSSR count). The van der Waals surface area contributed by atoms with E-state index < -0.39 is 0 Å². The van der Waals surface area contributed by atoms with E-state index in [0.29, 0.717) is 23.2 Å². The molecule has 0 unspecified atom stereocenters. The second-order valence-electron chi connectivity index (χ2n) is 14.0. The lowest BCUT2D eigenvalue weighted by Crippen LogP contribution is -2.02. The zero-order chi connectivity index (χ0) is 38.1. The fourth-order valence-corrected chi connectivity index (χ4v) is 7.69. The molecule has 266 valence electrons. The van der Waals surface area contributed by atoms with E-state index >= 15 is 0 Å². The van der Waals surface area contributed by atoms with Crippen molar-refractivity contribution >= 4 is 27.5 Å². The molecule has 0 aliphatic heterocycles. The van der Waals surface area contributed by atoms with Crippen molar-refractivity contribution in [2.45, 2.75) is 0 Å². The zero-order valence-electron chi connectivity index (χ0n) is 30.8. The van der Waals surface area contributed by atoms with Crippen LogP contribution < -0.4 is 0 Å². The number of benzene rings is 8. The molecule has 0 radical (unpaired) electrons. The van der Waals surface area contributed by atoms with Gasteiger partial charge in [-0.05, 0) is 63.7 Å². The molecular weight excluding hydrogens is 695 g/mol. The highest BCUT2D eigenvalue weighted by atomic mass is 15.0. The molecule has 0 atom stereocenters. The summed E-state index contributed by atoms with van der Waals surface area (Å²) in [7, 11) is 0. The summed E-state index contributed by atoms with van der Waals surface area (Å²) in [4.78, 5) is 19.2. The fraction of sp³-hybridized carbons (Fsp3) is 0. The van der Waals surface area contributed by atoms with E-state index in [2.05, 4.69) is 113 Å². The second-order valence-corrected chi connectivity index (χ2v) is 14.0. The van der Waals surface area contributed by atoms with Crippen molar-refractivity contribution < 1.29 is 0 Å². The maximum atomic E-state index is 8.10. The normalized spacial score (nSPS) is 11.1. The van der Waals surface area contributed by atoms with Crippen LogP contribution in [0.25, 0.3) is 99.9 Å². The van der Waals surface area contributed by atoms with Crippen molar-refractivity contribution in [2.75, 3.05) is 0 Å². The summed E-state index contributed by atoms with van der Waals surface area (Å²) < 4.78 is 2.36. The van der Waals surface area contributed by atoms with Gasteiger partial charge in [0.25, 0.3) is 0 Å². The third-order valence-electron chi connectivity index (χ3n) is 10.5. The molecule has 8 aromatic carbocycles. The Kier molecular flexibility index (Phi) is 8.48. The van der Waals surface area contributed by atoms with Crippen molar-refractivity contribution in [3.8, 4) is 73.2 Å². The van der Waals surface area contributed by atoms with Crippen LogP contribution in [-0.2, 0) is 0 Å². The van der Waals surface area contributed by atoms with Gasteiger partial charge in [0.1, 0.15) is 0 Å². The number of para-hydroxylation sites is 1. The molecule has 5 nitrogen and oxygen atoms in total. The van der Waals surface area contributed by atoms with Crippen molar-refractivity contribution in [1.29, 1.82) is 0 Å². The predicted octanol–water partition coefficient (Wildman–Crippen LogP) is 13.5. The standard InChI is InChI=1S/C52H33N5/c1-53-47-25-15-14-24-44(47)41-30-42(52-55-50(37-20-10-4-11-21-37)54-51(56-52)38-22-12-5-13-23-38)32-43(31-41)57-48-33-39(35-16-6-2-7-17-35)26-28-45(48)46-29-27-40(34-49(46)57)36-18-8-3-9-19-36/h2-34H. The van der Waals surface area contributed by atoms with Crippen LogP contribution in [0, 0.1) is 6.57 Å². The summed E-state index contributed by atoms with van der Waals surface area (Å²) in [5, 5.41) is 2.30. The summed E-state index contributed by atoms with van der Waals surface area (Å²) in [5.41, 5.74) is 12.5. The van der Waals surface area contributed by atoms with E-state index in [-0.39, 0.29) is 0 Å². The minimum Gasteiger partial charge on any atom is -0.309 e. The monoisotopic (exact) mass is 727 g/mol. The molecule has 2 heterocycles. The quantitative estimate of drug-likeness (QED) is 0.154. The molecule has 57 heavy (non-hydrogen) atoms. The smallest absolute Gasteiger partial charge is 0.194 e. The Balaban J connectivity index is 1.29. The highest BCUT2D eigenvalue weighted by Crippen LogP contribution is 2.40. The van der Waals surface area contributed by atoms with Crippen LogP contribution in [0.3, 0.4) is 0 Å². The van der Waals surface area contributed by atoms with Crippen LogP contribution in [0.15, 0.2) is 200 Å². The highest BCUT2D eigenvalue weighted by molar-refractivity contribution is 6.11.